The van der Waals surface area contributed by atoms with Gasteiger partial charge in [-0.1, -0.05) is 25.5 Å². The number of anilines is 1. The summed E-state index contributed by atoms with van der Waals surface area (Å²) < 4.78 is 33.3. The highest BCUT2D eigenvalue weighted by Crippen LogP contribution is 2.28. The number of carbonyl (C=O) groups excluding carboxylic acids is 1. The molecule has 2 atom stereocenters. The molecular formula is C29H41N3O4S. The van der Waals surface area contributed by atoms with Gasteiger partial charge in [0.1, 0.15) is 5.75 Å². The lowest BCUT2D eigenvalue weighted by Gasteiger charge is -2.33. The monoisotopic (exact) mass is 527 g/mol. The molecule has 2 aliphatic heterocycles. The second-order valence-electron chi connectivity index (χ2n) is 10.5. The van der Waals surface area contributed by atoms with Crippen LogP contribution in [0.15, 0.2) is 47.4 Å². The third-order valence-electron chi connectivity index (χ3n) is 7.62. The first kappa shape index (κ1) is 27.5. The molecule has 4 rings (SSSR count). The van der Waals surface area contributed by atoms with Crippen LogP contribution in [0.25, 0.3) is 0 Å². The van der Waals surface area contributed by atoms with E-state index in [4.69, 9.17) is 4.74 Å². The number of sulfonamides is 1. The van der Waals surface area contributed by atoms with E-state index in [0.717, 1.165) is 49.4 Å². The Kier molecular flexibility index (Phi) is 9.13. The summed E-state index contributed by atoms with van der Waals surface area (Å²) in [6, 6.07) is 13.3. The van der Waals surface area contributed by atoms with Gasteiger partial charge in [-0.05, 0) is 86.4 Å². The first-order valence-electron chi connectivity index (χ1n) is 13.6. The topological polar surface area (TPSA) is 79.0 Å². The summed E-state index contributed by atoms with van der Waals surface area (Å²) in [4.78, 5) is 15.5. The van der Waals surface area contributed by atoms with Gasteiger partial charge >= 0.3 is 0 Å². The van der Waals surface area contributed by atoms with Crippen molar-refractivity contribution in [3.05, 3.63) is 53.6 Å². The standard InChI is InChI=1S/C29H41N3O4S/c1-22-8-7-17-31(21-22)26-12-9-24(10-13-26)23(2)30-29(33)16-11-25-20-27(14-15-28(25)36-3)37(34,35)32-18-5-4-6-19-32/h9-10,12-15,20,22-23H,4-8,11,16-19,21H2,1-3H3,(H,30,33). The number of hydrogen-bond acceptors (Lipinski definition) is 5. The van der Waals surface area contributed by atoms with Crippen LogP contribution in [0.3, 0.4) is 0 Å². The fourth-order valence-corrected chi connectivity index (χ4v) is 6.98. The molecule has 37 heavy (non-hydrogen) atoms. The van der Waals surface area contributed by atoms with Crippen LogP contribution in [-0.4, -0.2) is 51.9 Å². The fourth-order valence-electron chi connectivity index (χ4n) is 5.41. The summed E-state index contributed by atoms with van der Waals surface area (Å²) in [5.41, 5.74) is 3.03. The molecule has 202 valence electrons. The van der Waals surface area contributed by atoms with E-state index in [2.05, 4.69) is 41.4 Å². The predicted octanol–water partition coefficient (Wildman–Crippen LogP) is 4.92. The van der Waals surface area contributed by atoms with Gasteiger partial charge in [-0.15, -0.1) is 0 Å². The number of nitrogens with one attached hydrogen (secondary N) is 1. The lowest BCUT2D eigenvalue weighted by atomic mass is 9.99. The summed E-state index contributed by atoms with van der Waals surface area (Å²) in [6.07, 6.45) is 6.01. The van der Waals surface area contributed by atoms with Crippen LogP contribution in [0, 0.1) is 5.92 Å². The molecule has 1 N–H and O–H groups in total. The Bertz CT molecular complexity index is 1160. The minimum atomic E-state index is -3.54. The van der Waals surface area contributed by atoms with Crippen LogP contribution < -0.4 is 15.0 Å². The van der Waals surface area contributed by atoms with E-state index in [1.54, 1.807) is 29.6 Å². The largest absolute Gasteiger partial charge is 0.496 e. The molecule has 2 fully saturated rings. The molecule has 7 nitrogen and oxygen atoms in total. The Morgan fingerprint density at radius 3 is 2.46 bits per heavy atom. The first-order valence-corrected chi connectivity index (χ1v) is 15.0. The van der Waals surface area contributed by atoms with Crippen molar-refractivity contribution in [1.82, 2.24) is 9.62 Å². The number of carbonyl (C=O) groups is 1. The zero-order valence-electron chi connectivity index (χ0n) is 22.4. The fraction of sp³-hybridized carbons (Fsp3) is 0.552. The van der Waals surface area contributed by atoms with Crippen LogP contribution in [-0.2, 0) is 21.2 Å². The summed E-state index contributed by atoms with van der Waals surface area (Å²) in [6.45, 7) is 7.60. The molecule has 2 saturated heterocycles. The number of ether oxygens (including phenoxy) is 1. The van der Waals surface area contributed by atoms with E-state index in [1.807, 2.05) is 6.92 Å². The summed E-state index contributed by atoms with van der Waals surface area (Å²) in [5.74, 6) is 1.24. The van der Waals surface area contributed by atoms with Crippen molar-refractivity contribution in [2.24, 2.45) is 5.92 Å². The number of piperidine rings is 2. The van der Waals surface area contributed by atoms with Gasteiger partial charge in [0.15, 0.2) is 0 Å². The first-order chi connectivity index (χ1) is 17.8. The molecule has 2 aromatic carbocycles. The summed E-state index contributed by atoms with van der Waals surface area (Å²) in [7, 11) is -1.98. The maximum absolute atomic E-state index is 13.1. The second-order valence-corrected chi connectivity index (χ2v) is 12.5. The maximum atomic E-state index is 13.1. The van der Waals surface area contributed by atoms with Crippen molar-refractivity contribution in [3.8, 4) is 5.75 Å². The molecule has 0 aromatic heterocycles. The minimum absolute atomic E-state index is 0.0761. The number of rotatable bonds is 9. The molecule has 1 amide bonds. The van der Waals surface area contributed by atoms with Crippen LogP contribution >= 0.6 is 0 Å². The van der Waals surface area contributed by atoms with Gasteiger partial charge in [-0.3, -0.25) is 4.79 Å². The number of methoxy groups -OCH3 is 1. The third-order valence-corrected chi connectivity index (χ3v) is 9.51. The highest BCUT2D eigenvalue weighted by molar-refractivity contribution is 7.89. The minimum Gasteiger partial charge on any atom is -0.496 e. The van der Waals surface area contributed by atoms with E-state index >= 15 is 0 Å². The molecule has 0 spiro atoms. The van der Waals surface area contributed by atoms with Crippen LogP contribution in [0.2, 0.25) is 0 Å². The van der Waals surface area contributed by atoms with Gasteiger partial charge in [-0.2, -0.15) is 4.31 Å². The van der Waals surface area contributed by atoms with Gasteiger partial charge in [0.2, 0.25) is 15.9 Å². The number of amides is 1. The van der Waals surface area contributed by atoms with E-state index < -0.39 is 10.0 Å². The molecule has 2 aliphatic rings. The summed E-state index contributed by atoms with van der Waals surface area (Å²) in [5, 5.41) is 3.09. The number of benzene rings is 2. The van der Waals surface area contributed by atoms with Gasteiger partial charge in [0.05, 0.1) is 18.0 Å². The highest BCUT2D eigenvalue weighted by Gasteiger charge is 2.27. The molecule has 0 saturated carbocycles. The van der Waals surface area contributed by atoms with E-state index in [9.17, 15) is 13.2 Å². The van der Waals surface area contributed by atoms with Crippen molar-refractivity contribution in [1.29, 1.82) is 0 Å². The summed E-state index contributed by atoms with van der Waals surface area (Å²) >= 11 is 0. The molecular weight excluding hydrogens is 486 g/mol. The van der Waals surface area contributed by atoms with Crippen LogP contribution in [0.5, 0.6) is 5.75 Å². The maximum Gasteiger partial charge on any atom is 0.243 e. The Labute approximate surface area is 222 Å². The normalized spacial score (nSPS) is 19.9. The van der Waals surface area contributed by atoms with Gasteiger partial charge in [-0.25, -0.2) is 8.42 Å². The van der Waals surface area contributed by atoms with Crippen molar-refractivity contribution < 1.29 is 17.9 Å². The average Bonchev–Trinajstić information content (AvgIpc) is 2.92. The van der Waals surface area contributed by atoms with Crippen molar-refractivity contribution >= 4 is 21.6 Å². The van der Waals surface area contributed by atoms with Crippen molar-refractivity contribution in [2.45, 2.75) is 69.7 Å². The van der Waals surface area contributed by atoms with Crippen molar-refractivity contribution in [3.63, 3.8) is 0 Å². The number of aryl methyl sites for hydroxylation is 1. The number of nitrogens with zero attached hydrogens (tertiary/aromatic N) is 2. The zero-order chi connectivity index (χ0) is 26.4. The SMILES string of the molecule is COc1ccc(S(=O)(=O)N2CCCCC2)cc1CCC(=O)NC(C)c1ccc(N2CCCC(C)C2)cc1. The lowest BCUT2D eigenvalue weighted by molar-refractivity contribution is -0.121. The van der Waals surface area contributed by atoms with Gasteiger partial charge in [0.25, 0.3) is 0 Å². The molecule has 0 bridgehead atoms. The van der Waals surface area contributed by atoms with E-state index in [-0.39, 0.29) is 23.3 Å². The Hall–Kier alpha value is -2.58. The van der Waals surface area contributed by atoms with Crippen LogP contribution in [0.1, 0.15) is 69.5 Å². The molecule has 2 unspecified atom stereocenters. The third kappa shape index (κ3) is 6.85. The van der Waals surface area contributed by atoms with Gasteiger partial charge < -0.3 is 15.0 Å². The van der Waals surface area contributed by atoms with Crippen molar-refractivity contribution in [2.75, 3.05) is 38.2 Å². The lowest BCUT2D eigenvalue weighted by Crippen LogP contribution is -2.35. The zero-order valence-corrected chi connectivity index (χ0v) is 23.2. The Morgan fingerprint density at radius 1 is 1.05 bits per heavy atom. The molecule has 2 heterocycles. The Balaban J connectivity index is 1.36. The molecule has 8 heteroatoms. The van der Waals surface area contributed by atoms with Gasteiger partial charge in [0, 0.05) is 38.3 Å². The highest BCUT2D eigenvalue weighted by atomic mass is 32.2. The molecule has 0 radical (unpaired) electrons. The number of hydrogen-bond donors (Lipinski definition) is 1. The van der Waals surface area contributed by atoms with Crippen LogP contribution in [0.4, 0.5) is 5.69 Å². The molecule has 2 aromatic rings. The second kappa shape index (κ2) is 12.3. The average molecular weight is 528 g/mol. The van der Waals surface area contributed by atoms with E-state index in [1.165, 1.54) is 18.5 Å². The quantitative estimate of drug-likeness (QED) is 0.501. The molecule has 0 aliphatic carbocycles. The smallest absolute Gasteiger partial charge is 0.243 e. The Morgan fingerprint density at radius 2 is 1.78 bits per heavy atom. The van der Waals surface area contributed by atoms with E-state index in [0.29, 0.717) is 25.3 Å². The predicted molar refractivity (Wildman–Crippen MR) is 148 cm³/mol.